The summed E-state index contributed by atoms with van der Waals surface area (Å²) in [4.78, 5) is 23.0. The zero-order valence-corrected chi connectivity index (χ0v) is 12.6. The third-order valence-corrected chi connectivity index (χ3v) is 3.20. The molecule has 0 aromatic heterocycles. The molecule has 0 heterocycles. The van der Waals surface area contributed by atoms with E-state index in [2.05, 4.69) is 5.32 Å². The van der Waals surface area contributed by atoms with Gasteiger partial charge in [-0.2, -0.15) is 0 Å². The van der Waals surface area contributed by atoms with Gasteiger partial charge < -0.3 is 15.8 Å². The molecule has 2 aromatic rings. The predicted molar refractivity (Wildman–Crippen MR) is 83.3 cm³/mol. The van der Waals surface area contributed by atoms with Crippen molar-refractivity contribution < 1.29 is 18.7 Å². The van der Waals surface area contributed by atoms with Crippen LogP contribution in [0.1, 0.15) is 22.8 Å². The van der Waals surface area contributed by atoms with Crippen LogP contribution in [-0.4, -0.2) is 17.9 Å². The SMILES string of the molecule is CC(Oc1ccc(F)cc1)C(=O)NCc1ccc(C(N)=O)cc1. The fourth-order valence-electron chi connectivity index (χ4n) is 1.89. The van der Waals surface area contributed by atoms with Gasteiger partial charge >= 0.3 is 0 Å². The fraction of sp³-hybridized carbons (Fsp3) is 0.176. The highest BCUT2D eigenvalue weighted by molar-refractivity contribution is 5.92. The van der Waals surface area contributed by atoms with Crippen LogP contribution in [0.25, 0.3) is 0 Å². The van der Waals surface area contributed by atoms with Crippen LogP contribution in [0, 0.1) is 5.82 Å². The second-order valence-corrected chi connectivity index (χ2v) is 4.99. The summed E-state index contributed by atoms with van der Waals surface area (Å²) in [5, 5.41) is 2.72. The molecular weight excluding hydrogens is 299 g/mol. The lowest BCUT2D eigenvalue weighted by atomic mass is 10.1. The van der Waals surface area contributed by atoms with Crippen molar-refractivity contribution in [3.8, 4) is 5.75 Å². The van der Waals surface area contributed by atoms with Crippen LogP contribution in [0.15, 0.2) is 48.5 Å². The maximum absolute atomic E-state index is 12.8. The molecule has 120 valence electrons. The Kier molecular flexibility index (Phi) is 5.30. The van der Waals surface area contributed by atoms with Crippen LogP contribution < -0.4 is 15.8 Å². The minimum absolute atomic E-state index is 0.298. The van der Waals surface area contributed by atoms with Gasteiger partial charge in [-0.25, -0.2) is 4.39 Å². The summed E-state index contributed by atoms with van der Waals surface area (Å²) in [5.74, 6) is -0.746. The number of halogens is 1. The van der Waals surface area contributed by atoms with Crippen LogP contribution in [0.4, 0.5) is 4.39 Å². The second kappa shape index (κ2) is 7.40. The highest BCUT2D eigenvalue weighted by atomic mass is 19.1. The number of hydrogen-bond donors (Lipinski definition) is 2. The number of carbonyl (C=O) groups excluding carboxylic acids is 2. The minimum atomic E-state index is -0.717. The number of rotatable bonds is 6. The Hall–Kier alpha value is -2.89. The summed E-state index contributed by atoms with van der Waals surface area (Å²) in [6, 6.07) is 12.1. The van der Waals surface area contributed by atoms with Gasteiger partial charge in [-0.15, -0.1) is 0 Å². The molecule has 1 atom stereocenters. The lowest BCUT2D eigenvalue weighted by molar-refractivity contribution is -0.127. The molecule has 23 heavy (non-hydrogen) atoms. The monoisotopic (exact) mass is 316 g/mol. The van der Waals surface area contributed by atoms with Gasteiger partial charge in [0.15, 0.2) is 6.10 Å². The Bertz CT molecular complexity index is 684. The van der Waals surface area contributed by atoms with Crippen LogP contribution >= 0.6 is 0 Å². The molecule has 0 spiro atoms. The van der Waals surface area contributed by atoms with Crippen molar-refractivity contribution in [1.29, 1.82) is 0 Å². The lowest BCUT2D eigenvalue weighted by Gasteiger charge is -2.14. The molecule has 0 fully saturated rings. The summed E-state index contributed by atoms with van der Waals surface area (Å²) in [6.45, 7) is 1.91. The number of nitrogens with two attached hydrogens (primary N) is 1. The van der Waals surface area contributed by atoms with Gasteiger partial charge in [-0.05, 0) is 48.9 Å². The molecule has 0 radical (unpaired) electrons. The molecule has 5 nitrogen and oxygen atoms in total. The summed E-state index contributed by atoms with van der Waals surface area (Å²) in [6.07, 6.45) is -0.717. The van der Waals surface area contributed by atoms with Gasteiger partial charge in [-0.3, -0.25) is 9.59 Å². The van der Waals surface area contributed by atoms with E-state index in [0.29, 0.717) is 17.9 Å². The zero-order chi connectivity index (χ0) is 16.8. The van der Waals surface area contributed by atoms with Crippen molar-refractivity contribution in [3.63, 3.8) is 0 Å². The molecule has 2 aromatic carbocycles. The molecule has 0 saturated carbocycles. The molecule has 0 aliphatic heterocycles. The van der Waals surface area contributed by atoms with Crippen molar-refractivity contribution in [2.45, 2.75) is 19.6 Å². The van der Waals surface area contributed by atoms with Crippen LogP contribution in [-0.2, 0) is 11.3 Å². The molecule has 2 rings (SSSR count). The maximum Gasteiger partial charge on any atom is 0.261 e. The number of amides is 2. The average Bonchev–Trinajstić information content (AvgIpc) is 2.55. The normalized spacial score (nSPS) is 11.6. The van der Waals surface area contributed by atoms with Crippen LogP contribution in [0.3, 0.4) is 0 Å². The van der Waals surface area contributed by atoms with Gasteiger partial charge in [0, 0.05) is 12.1 Å². The molecular formula is C17H17FN2O3. The quantitative estimate of drug-likeness (QED) is 0.855. The molecule has 0 aliphatic carbocycles. The largest absolute Gasteiger partial charge is 0.481 e. The predicted octanol–water partition coefficient (Wildman–Crippen LogP) is 2.01. The van der Waals surface area contributed by atoms with Crippen molar-refractivity contribution in [2.75, 3.05) is 0 Å². The highest BCUT2D eigenvalue weighted by Crippen LogP contribution is 2.13. The van der Waals surface area contributed by atoms with Gasteiger partial charge in [0.05, 0.1) is 0 Å². The first-order chi connectivity index (χ1) is 11.0. The third-order valence-electron chi connectivity index (χ3n) is 3.20. The van der Waals surface area contributed by atoms with Gasteiger partial charge in [0.25, 0.3) is 5.91 Å². The van der Waals surface area contributed by atoms with E-state index < -0.39 is 12.0 Å². The smallest absolute Gasteiger partial charge is 0.261 e. The number of benzene rings is 2. The first-order valence-electron chi connectivity index (χ1n) is 7.04. The van der Waals surface area contributed by atoms with Gasteiger partial charge in [-0.1, -0.05) is 12.1 Å². The highest BCUT2D eigenvalue weighted by Gasteiger charge is 2.14. The van der Waals surface area contributed by atoms with Gasteiger partial charge in [0.1, 0.15) is 11.6 Å². The molecule has 3 N–H and O–H groups in total. The van der Waals surface area contributed by atoms with E-state index in [4.69, 9.17) is 10.5 Å². The summed E-state index contributed by atoms with van der Waals surface area (Å²) >= 11 is 0. The first kappa shape index (κ1) is 16.5. The number of primary amides is 1. The van der Waals surface area contributed by atoms with Crippen molar-refractivity contribution in [2.24, 2.45) is 5.73 Å². The average molecular weight is 316 g/mol. The zero-order valence-electron chi connectivity index (χ0n) is 12.6. The van der Waals surface area contributed by atoms with Crippen LogP contribution in [0.2, 0.25) is 0 Å². The van der Waals surface area contributed by atoms with Crippen molar-refractivity contribution in [3.05, 3.63) is 65.5 Å². The Morgan fingerprint density at radius 2 is 1.74 bits per heavy atom. The Balaban J connectivity index is 1.86. The number of hydrogen-bond acceptors (Lipinski definition) is 3. The van der Waals surface area contributed by atoms with Crippen molar-refractivity contribution >= 4 is 11.8 Å². The molecule has 0 bridgehead atoms. The first-order valence-corrected chi connectivity index (χ1v) is 7.04. The maximum atomic E-state index is 12.8. The molecule has 0 saturated heterocycles. The Morgan fingerprint density at radius 3 is 2.30 bits per heavy atom. The summed E-state index contributed by atoms with van der Waals surface area (Å²) < 4.78 is 18.2. The van der Waals surface area contributed by atoms with E-state index in [1.165, 1.54) is 24.3 Å². The van der Waals surface area contributed by atoms with E-state index in [0.717, 1.165) is 5.56 Å². The molecule has 2 amide bonds. The standard InChI is InChI=1S/C17H17FN2O3/c1-11(23-15-8-6-14(18)7-9-15)17(22)20-10-12-2-4-13(5-3-12)16(19)21/h2-9,11H,10H2,1H3,(H2,19,21)(H,20,22). The molecule has 6 heteroatoms. The van der Waals surface area contributed by atoms with E-state index >= 15 is 0 Å². The lowest BCUT2D eigenvalue weighted by Crippen LogP contribution is -2.35. The van der Waals surface area contributed by atoms with Crippen molar-refractivity contribution in [1.82, 2.24) is 5.32 Å². The van der Waals surface area contributed by atoms with E-state index in [1.807, 2.05) is 0 Å². The Morgan fingerprint density at radius 1 is 1.13 bits per heavy atom. The molecule has 0 aliphatic rings. The van der Waals surface area contributed by atoms with Crippen LogP contribution in [0.5, 0.6) is 5.75 Å². The minimum Gasteiger partial charge on any atom is -0.481 e. The summed E-state index contributed by atoms with van der Waals surface area (Å²) in [5.41, 5.74) is 6.40. The Labute approximate surface area is 133 Å². The fourth-order valence-corrected chi connectivity index (χ4v) is 1.89. The number of carbonyl (C=O) groups is 2. The van der Waals surface area contributed by atoms with E-state index in [1.54, 1.807) is 31.2 Å². The number of ether oxygens (including phenoxy) is 1. The second-order valence-electron chi connectivity index (χ2n) is 4.99. The summed E-state index contributed by atoms with van der Waals surface area (Å²) in [7, 11) is 0. The van der Waals surface area contributed by atoms with E-state index in [9.17, 15) is 14.0 Å². The molecule has 1 unspecified atom stereocenters. The topological polar surface area (TPSA) is 81.4 Å². The third kappa shape index (κ3) is 4.81. The van der Waals surface area contributed by atoms with Gasteiger partial charge in [0.2, 0.25) is 5.91 Å². The van der Waals surface area contributed by atoms with E-state index in [-0.39, 0.29) is 11.7 Å². The number of nitrogens with one attached hydrogen (secondary N) is 1.